The van der Waals surface area contributed by atoms with Crippen molar-refractivity contribution in [3.63, 3.8) is 0 Å². The standard InChI is InChI=1S/C18H15BrN8S/c1-18(2,9-20)13-5-3-4-10(22-13)6-27-7-12(25-26-27)15-16-14(11(19)8-28-16)23-17(21)24-15/h3-5,7-8H,6H2,1-2H3,(H2,21,23,24). The number of aromatic nitrogens is 6. The SMILES string of the molecule is CC(C)(C#N)c1cccc(Cn2cc(-c3nc(N)nc4c(Br)csc34)nn2)n1. The van der Waals surface area contributed by atoms with Crippen LogP contribution in [0.15, 0.2) is 34.2 Å². The summed E-state index contributed by atoms with van der Waals surface area (Å²) in [5.74, 6) is 0.184. The summed E-state index contributed by atoms with van der Waals surface area (Å²) in [6, 6.07) is 7.92. The van der Waals surface area contributed by atoms with Crippen molar-refractivity contribution < 1.29 is 0 Å². The lowest BCUT2D eigenvalue weighted by Gasteiger charge is -2.15. The lowest BCUT2D eigenvalue weighted by molar-refractivity contribution is 0.616. The van der Waals surface area contributed by atoms with Gasteiger partial charge in [-0.15, -0.1) is 16.4 Å². The molecule has 0 radical (unpaired) electrons. The van der Waals surface area contributed by atoms with Gasteiger partial charge in [-0.05, 0) is 41.9 Å². The van der Waals surface area contributed by atoms with E-state index in [0.717, 1.165) is 26.1 Å². The molecular formula is C18H15BrN8S. The topological polar surface area (TPSA) is 119 Å². The molecular weight excluding hydrogens is 440 g/mol. The van der Waals surface area contributed by atoms with Gasteiger partial charge in [0.25, 0.3) is 0 Å². The van der Waals surface area contributed by atoms with E-state index in [0.29, 0.717) is 17.9 Å². The van der Waals surface area contributed by atoms with Crippen molar-refractivity contribution in [1.29, 1.82) is 5.26 Å². The summed E-state index contributed by atoms with van der Waals surface area (Å²) in [5, 5.41) is 19.7. The van der Waals surface area contributed by atoms with Gasteiger partial charge in [0, 0.05) is 5.38 Å². The number of hydrogen-bond acceptors (Lipinski definition) is 8. The molecule has 2 N–H and O–H groups in total. The van der Waals surface area contributed by atoms with Crippen LogP contribution in [-0.2, 0) is 12.0 Å². The molecule has 0 unspecified atom stereocenters. The number of pyridine rings is 1. The van der Waals surface area contributed by atoms with E-state index in [2.05, 4.69) is 47.3 Å². The highest BCUT2D eigenvalue weighted by atomic mass is 79.9. The maximum absolute atomic E-state index is 9.33. The monoisotopic (exact) mass is 454 g/mol. The van der Waals surface area contributed by atoms with Gasteiger partial charge in [0.2, 0.25) is 5.95 Å². The summed E-state index contributed by atoms with van der Waals surface area (Å²) in [7, 11) is 0. The minimum Gasteiger partial charge on any atom is -0.368 e. The highest BCUT2D eigenvalue weighted by Gasteiger charge is 2.22. The molecule has 140 valence electrons. The highest BCUT2D eigenvalue weighted by molar-refractivity contribution is 9.10. The number of nitrogens with two attached hydrogens (primary N) is 1. The number of nitrogen functional groups attached to an aromatic ring is 1. The van der Waals surface area contributed by atoms with E-state index in [4.69, 9.17) is 5.73 Å². The Hall–Kier alpha value is -2.90. The van der Waals surface area contributed by atoms with Crippen molar-refractivity contribution in [3.05, 3.63) is 45.6 Å². The molecule has 4 aromatic heterocycles. The third-order valence-corrected chi connectivity index (χ3v) is 6.10. The van der Waals surface area contributed by atoms with Gasteiger partial charge in [-0.3, -0.25) is 4.98 Å². The summed E-state index contributed by atoms with van der Waals surface area (Å²) < 4.78 is 3.45. The zero-order valence-electron chi connectivity index (χ0n) is 15.1. The van der Waals surface area contributed by atoms with Gasteiger partial charge < -0.3 is 5.73 Å². The molecule has 0 atom stereocenters. The first-order valence-corrected chi connectivity index (χ1v) is 10.0. The average molecular weight is 455 g/mol. The van der Waals surface area contributed by atoms with Crippen LogP contribution < -0.4 is 5.73 Å². The Morgan fingerprint density at radius 1 is 1.29 bits per heavy atom. The van der Waals surface area contributed by atoms with E-state index in [1.165, 1.54) is 11.3 Å². The van der Waals surface area contributed by atoms with Crippen LogP contribution in [0.25, 0.3) is 21.6 Å². The van der Waals surface area contributed by atoms with E-state index < -0.39 is 5.41 Å². The average Bonchev–Trinajstić information content (AvgIpc) is 3.29. The van der Waals surface area contributed by atoms with Gasteiger partial charge in [-0.1, -0.05) is 11.3 Å². The van der Waals surface area contributed by atoms with E-state index in [-0.39, 0.29) is 5.95 Å². The molecule has 0 saturated carbocycles. The van der Waals surface area contributed by atoms with E-state index in [1.807, 2.05) is 37.4 Å². The molecule has 0 saturated heterocycles. The second-order valence-corrected chi connectivity index (χ2v) is 8.48. The number of hydrogen-bond donors (Lipinski definition) is 1. The molecule has 0 spiro atoms. The summed E-state index contributed by atoms with van der Waals surface area (Å²) in [6.07, 6.45) is 1.80. The van der Waals surface area contributed by atoms with Gasteiger partial charge >= 0.3 is 0 Å². The molecule has 0 aliphatic rings. The molecule has 0 amide bonds. The quantitative estimate of drug-likeness (QED) is 0.500. The van der Waals surface area contributed by atoms with Crippen LogP contribution >= 0.6 is 27.3 Å². The predicted molar refractivity (Wildman–Crippen MR) is 111 cm³/mol. The maximum atomic E-state index is 9.33. The zero-order chi connectivity index (χ0) is 19.9. The number of nitrogens with zero attached hydrogens (tertiary/aromatic N) is 7. The molecule has 0 fully saturated rings. The first-order valence-electron chi connectivity index (χ1n) is 8.36. The number of anilines is 1. The highest BCUT2D eigenvalue weighted by Crippen LogP contribution is 2.35. The molecule has 8 nitrogen and oxygen atoms in total. The van der Waals surface area contributed by atoms with Crippen LogP contribution in [0.2, 0.25) is 0 Å². The molecule has 4 aromatic rings. The fraction of sp³-hybridized carbons (Fsp3) is 0.222. The van der Waals surface area contributed by atoms with Crippen LogP contribution in [-0.4, -0.2) is 29.9 Å². The summed E-state index contributed by atoms with van der Waals surface area (Å²) in [4.78, 5) is 13.2. The molecule has 10 heteroatoms. The summed E-state index contributed by atoms with van der Waals surface area (Å²) >= 11 is 5.00. The Morgan fingerprint density at radius 3 is 2.89 bits per heavy atom. The van der Waals surface area contributed by atoms with Gasteiger partial charge in [0.05, 0.1) is 44.8 Å². The first-order chi connectivity index (χ1) is 13.4. The number of nitriles is 1. The summed E-state index contributed by atoms with van der Waals surface area (Å²) in [6.45, 7) is 4.12. The lowest BCUT2D eigenvalue weighted by atomic mass is 9.91. The summed E-state index contributed by atoms with van der Waals surface area (Å²) in [5.41, 5.74) is 8.75. The van der Waals surface area contributed by atoms with Crippen molar-refractivity contribution in [2.75, 3.05) is 5.73 Å². The van der Waals surface area contributed by atoms with Crippen molar-refractivity contribution in [3.8, 4) is 17.5 Å². The van der Waals surface area contributed by atoms with E-state index in [1.54, 1.807) is 10.9 Å². The second kappa shape index (κ2) is 6.92. The van der Waals surface area contributed by atoms with E-state index in [9.17, 15) is 5.26 Å². The molecule has 0 aromatic carbocycles. The van der Waals surface area contributed by atoms with Crippen LogP contribution in [0, 0.1) is 11.3 Å². The van der Waals surface area contributed by atoms with Crippen molar-refractivity contribution in [1.82, 2.24) is 29.9 Å². The number of thiophene rings is 1. The van der Waals surface area contributed by atoms with Gasteiger partial charge in [0.15, 0.2) is 0 Å². The Bertz CT molecular complexity index is 1220. The third kappa shape index (κ3) is 3.34. The predicted octanol–water partition coefficient (Wildman–Crippen LogP) is 3.54. The third-order valence-electron chi connectivity index (χ3n) is 4.22. The normalized spacial score (nSPS) is 11.6. The Kier molecular flexibility index (Phi) is 4.56. The van der Waals surface area contributed by atoms with Crippen LogP contribution in [0.4, 0.5) is 5.95 Å². The first kappa shape index (κ1) is 18.5. The van der Waals surface area contributed by atoms with Crippen molar-refractivity contribution in [2.24, 2.45) is 0 Å². The molecule has 4 heterocycles. The van der Waals surface area contributed by atoms with Crippen LogP contribution in [0.1, 0.15) is 25.2 Å². The number of rotatable bonds is 4. The molecule has 28 heavy (non-hydrogen) atoms. The second-order valence-electron chi connectivity index (χ2n) is 6.74. The van der Waals surface area contributed by atoms with Gasteiger partial charge in [-0.25, -0.2) is 14.6 Å². The minimum absolute atomic E-state index is 0.184. The Morgan fingerprint density at radius 2 is 2.11 bits per heavy atom. The molecule has 4 rings (SSSR count). The van der Waals surface area contributed by atoms with E-state index >= 15 is 0 Å². The van der Waals surface area contributed by atoms with Crippen LogP contribution in [0.5, 0.6) is 0 Å². The van der Waals surface area contributed by atoms with Crippen LogP contribution in [0.3, 0.4) is 0 Å². The Balaban J connectivity index is 1.67. The number of fused-ring (bicyclic) bond motifs is 1. The molecule has 0 bridgehead atoms. The van der Waals surface area contributed by atoms with Crippen molar-refractivity contribution in [2.45, 2.75) is 25.8 Å². The smallest absolute Gasteiger partial charge is 0.221 e. The molecule has 0 aliphatic heterocycles. The minimum atomic E-state index is -0.653. The van der Waals surface area contributed by atoms with Gasteiger partial charge in [-0.2, -0.15) is 5.26 Å². The van der Waals surface area contributed by atoms with Crippen molar-refractivity contribution >= 4 is 43.4 Å². The zero-order valence-corrected chi connectivity index (χ0v) is 17.5. The fourth-order valence-electron chi connectivity index (χ4n) is 2.70. The molecule has 0 aliphatic carbocycles. The Labute approximate surface area is 173 Å². The van der Waals surface area contributed by atoms with Gasteiger partial charge in [0.1, 0.15) is 16.9 Å². The largest absolute Gasteiger partial charge is 0.368 e. The fourth-order valence-corrected chi connectivity index (χ4v) is 4.27. The lowest BCUT2D eigenvalue weighted by Crippen LogP contribution is -2.17. The maximum Gasteiger partial charge on any atom is 0.221 e. The number of halogens is 1.